The number of benzene rings is 2. The van der Waals surface area contributed by atoms with Crippen LogP contribution in [0.25, 0.3) is 0 Å². The molecule has 26 heavy (non-hydrogen) atoms. The Morgan fingerprint density at radius 3 is 2.19 bits per heavy atom. The van der Waals surface area contributed by atoms with E-state index >= 15 is 0 Å². The first kappa shape index (κ1) is 19.9. The summed E-state index contributed by atoms with van der Waals surface area (Å²) in [7, 11) is -3.83. The van der Waals surface area contributed by atoms with Gasteiger partial charge in [0.05, 0.1) is 11.4 Å². The Hall–Kier alpha value is -2.46. The molecule has 0 aliphatic carbocycles. The molecule has 0 saturated heterocycles. The Balaban J connectivity index is 1.95. The zero-order valence-electron chi connectivity index (χ0n) is 13.5. The average molecular weight is 397 g/mol. The van der Waals surface area contributed by atoms with E-state index in [2.05, 4.69) is 10.0 Å². The molecule has 8 nitrogen and oxygen atoms in total. The largest absolute Gasteiger partial charge is 0.348 e. The van der Waals surface area contributed by atoms with E-state index in [-0.39, 0.29) is 17.3 Å². The SMILES string of the molecule is NNC(=O)CNS(=O)(=O)c1ccc(CNC(=O)c2ccc(Cl)cc2)cc1. The van der Waals surface area contributed by atoms with Crippen molar-refractivity contribution in [2.24, 2.45) is 5.84 Å². The Morgan fingerprint density at radius 2 is 1.62 bits per heavy atom. The van der Waals surface area contributed by atoms with Crippen molar-refractivity contribution in [3.05, 3.63) is 64.7 Å². The van der Waals surface area contributed by atoms with Crippen molar-refractivity contribution in [1.82, 2.24) is 15.5 Å². The lowest BCUT2D eigenvalue weighted by atomic mass is 10.2. The molecule has 0 unspecified atom stereocenters. The molecule has 2 aromatic carbocycles. The molecule has 2 aromatic rings. The zero-order valence-corrected chi connectivity index (χ0v) is 15.1. The van der Waals surface area contributed by atoms with Gasteiger partial charge in [0.25, 0.3) is 5.91 Å². The molecule has 2 rings (SSSR count). The normalized spacial score (nSPS) is 11.0. The number of sulfonamides is 1. The van der Waals surface area contributed by atoms with Crippen LogP contribution in [-0.2, 0) is 21.4 Å². The molecule has 138 valence electrons. The maximum absolute atomic E-state index is 12.0. The van der Waals surface area contributed by atoms with Crippen molar-refractivity contribution in [1.29, 1.82) is 0 Å². The topological polar surface area (TPSA) is 130 Å². The van der Waals surface area contributed by atoms with E-state index in [9.17, 15) is 18.0 Å². The van der Waals surface area contributed by atoms with E-state index in [1.54, 1.807) is 36.4 Å². The zero-order chi connectivity index (χ0) is 19.2. The molecular formula is C16H17ClN4O4S. The van der Waals surface area contributed by atoms with Gasteiger partial charge >= 0.3 is 0 Å². The van der Waals surface area contributed by atoms with E-state index < -0.39 is 22.5 Å². The van der Waals surface area contributed by atoms with E-state index in [0.717, 1.165) is 0 Å². The summed E-state index contributed by atoms with van der Waals surface area (Å²) in [5.41, 5.74) is 3.01. The second-order valence-electron chi connectivity index (χ2n) is 5.23. The summed E-state index contributed by atoms with van der Waals surface area (Å²) in [6, 6.07) is 12.4. The highest BCUT2D eigenvalue weighted by molar-refractivity contribution is 7.89. The van der Waals surface area contributed by atoms with Crippen molar-refractivity contribution < 1.29 is 18.0 Å². The third-order valence-corrected chi connectivity index (χ3v) is 5.05. The Morgan fingerprint density at radius 1 is 1.00 bits per heavy atom. The quantitative estimate of drug-likeness (QED) is 0.308. The number of carbonyl (C=O) groups excluding carboxylic acids is 2. The summed E-state index contributed by atoms with van der Waals surface area (Å²) in [5.74, 6) is 3.96. The van der Waals surface area contributed by atoms with Crippen LogP contribution in [0.4, 0.5) is 0 Å². The number of nitrogens with two attached hydrogens (primary N) is 1. The lowest BCUT2D eigenvalue weighted by molar-refractivity contribution is -0.120. The van der Waals surface area contributed by atoms with Crippen LogP contribution in [0.15, 0.2) is 53.4 Å². The maximum atomic E-state index is 12.0. The molecule has 0 fully saturated rings. The van der Waals surface area contributed by atoms with Crippen LogP contribution in [0.2, 0.25) is 5.02 Å². The van der Waals surface area contributed by atoms with Gasteiger partial charge in [-0.3, -0.25) is 15.0 Å². The molecule has 0 spiro atoms. The molecule has 2 amide bonds. The minimum atomic E-state index is -3.83. The van der Waals surface area contributed by atoms with Gasteiger partial charge in [-0.25, -0.2) is 19.0 Å². The van der Waals surface area contributed by atoms with Gasteiger partial charge < -0.3 is 5.32 Å². The molecule has 0 radical (unpaired) electrons. The number of amides is 2. The summed E-state index contributed by atoms with van der Waals surface area (Å²) < 4.78 is 26.2. The van der Waals surface area contributed by atoms with E-state index in [0.29, 0.717) is 16.1 Å². The predicted octanol–water partition coefficient (Wildman–Crippen LogP) is 0.538. The number of halogens is 1. The molecule has 0 heterocycles. The molecule has 0 bridgehead atoms. The van der Waals surface area contributed by atoms with Crippen molar-refractivity contribution >= 4 is 33.4 Å². The van der Waals surface area contributed by atoms with Gasteiger partial charge in [-0.2, -0.15) is 0 Å². The molecule has 0 aromatic heterocycles. The van der Waals surface area contributed by atoms with Crippen LogP contribution < -0.4 is 21.3 Å². The lowest BCUT2D eigenvalue weighted by Gasteiger charge is -2.08. The standard InChI is InChI=1S/C16H17ClN4O4S/c17-13-5-3-12(4-6-13)16(23)19-9-11-1-7-14(8-2-11)26(24,25)20-10-15(22)21-18/h1-8,20H,9-10,18H2,(H,19,23)(H,21,22). The van der Waals surface area contributed by atoms with E-state index in [1.165, 1.54) is 12.1 Å². The van der Waals surface area contributed by atoms with Crippen LogP contribution in [0.1, 0.15) is 15.9 Å². The molecular weight excluding hydrogens is 380 g/mol. The number of rotatable bonds is 7. The van der Waals surface area contributed by atoms with Gasteiger partial charge in [0.2, 0.25) is 15.9 Å². The summed E-state index contributed by atoms with van der Waals surface area (Å²) >= 11 is 5.77. The fraction of sp³-hybridized carbons (Fsp3) is 0.125. The Labute approximate surface area is 155 Å². The smallest absolute Gasteiger partial charge is 0.251 e. The van der Waals surface area contributed by atoms with Crippen molar-refractivity contribution in [2.75, 3.05) is 6.54 Å². The van der Waals surface area contributed by atoms with Gasteiger partial charge in [0.1, 0.15) is 0 Å². The van der Waals surface area contributed by atoms with E-state index in [4.69, 9.17) is 17.4 Å². The summed E-state index contributed by atoms with van der Waals surface area (Å²) in [6.45, 7) is -0.234. The molecule has 10 heteroatoms. The maximum Gasteiger partial charge on any atom is 0.251 e. The number of hydrogen-bond donors (Lipinski definition) is 4. The van der Waals surface area contributed by atoms with Gasteiger partial charge in [-0.15, -0.1) is 0 Å². The fourth-order valence-corrected chi connectivity index (χ4v) is 3.08. The minimum absolute atomic E-state index is 0.00454. The second kappa shape index (κ2) is 8.77. The highest BCUT2D eigenvalue weighted by Crippen LogP contribution is 2.12. The highest BCUT2D eigenvalue weighted by Gasteiger charge is 2.15. The number of carbonyl (C=O) groups is 2. The van der Waals surface area contributed by atoms with Crippen LogP contribution in [0.5, 0.6) is 0 Å². The van der Waals surface area contributed by atoms with Crippen molar-refractivity contribution in [3.63, 3.8) is 0 Å². The van der Waals surface area contributed by atoms with Crippen LogP contribution >= 0.6 is 11.6 Å². The predicted molar refractivity (Wildman–Crippen MR) is 96.6 cm³/mol. The molecule has 0 aliphatic heterocycles. The summed E-state index contributed by atoms with van der Waals surface area (Å²) in [6.07, 6.45) is 0. The third-order valence-electron chi connectivity index (χ3n) is 3.38. The van der Waals surface area contributed by atoms with Gasteiger partial charge in [-0.1, -0.05) is 23.7 Å². The molecule has 0 saturated carbocycles. The van der Waals surface area contributed by atoms with Gasteiger partial charge in [0, 0.05) is 17.1 Å². The summed E-state index contributed by atoms with van der Waals surface area (Å²) in [4.78, 5) is 23.0. The number of hydrazine groups is 1. The molecule has 5 N–H and O–H groups in total. The fourth-order valence-electron chi connectivity index (χ4n) is 1.97. The Bertz CT molecular complexity index is 883. The second-order valence-corrected chi connectivity index (χ2v) is 7.43. The molecule has 0 aliphatic rings. The van der Waals surface area contributed by atoms with E-state index in [1.807, 2.05) is 5.43 Å². The first-order chi connectivity index (χ1) is 12.3. The number of hydrogen-bond acceptors (Lipinski definition) is 5. The van der Waals surface area contributed by atoms with Crippen molar-refractivity contribution in [2.45, 2.75) is 11.4 Å². The van der Waals surface area contributed by atoms with Gasteiger partial charge in [0.15, 0.2) is 0 Å². The van der Waals surface area contributed by atoms with Crippen LogP contribution in [0.3, 0.4) is 0 Å². The monoisotopic (exact) mass is 396 g/mol. The first-order valence-corrected chi connectivity index (χ1v) is 9.30. The van der Waals surface area contributed by atoms with Crippen LogP contribution in [0, 0.1) is 0 Å². The average Bonchev–Trinajstić information content (AvgIpc) is 2.65. The van der Waals surface area contributed by atoms with Crippen molar-refractivity contribution in [3.8, 4) is 0 Å². The first-order valence-electron chi connectivity index (χ1n) is 7.43. The number of nitrogens with one attached hydrogen (secondary N) is 3. The molecule has 0 atom stereocenters. The summed E-state index contributed by atoms with van der Waals surface area (Å²) in [5, 5.41) is 3.26. The van der Waals surface area contributed by atoms with Crippen LogP contribution in [-0.4, -0.2) is 26.8 Å². The van der Waals surface area contributed by atoms with Gasteiger partial charge in [-0.05, 0) is 42.0 Å². The lowest BCUT2D eigenvalue weighted by Crippen LogP contribution is -2.40. The third kappa shape index (κ3) is 5.53. The minimum Gasteiger partial charge on any atom is -0.348 e. The Kier molecular flexibility index (Phi) is 6.70. The highest BCUT2D eigenvalue weighted by atomic mass is 35.5.